The van der Waals surface area contributed by atoms with Gasteiger partial charge in [-0.25, -0.2) is 4.98 Å². The summed E-state index contributed by atoms with van der Waals surface area (Å²) < 4.78 is 11.3. The van der Waals surface area contributed by atoms with E-state index in [2.05, 4.69) is 11.9 Å². The molecule has 128 valence electrons. The largest absolute Gasteiger partial charge is 0.493 e. The lowest BCUT2D eigenvalue weighted by atomic mass is 9.98. The van der Waals surface area contributed by atoms with E-state index in [1.54, 1.807) is 13.8 Å². The van der Waals surface area contributed by atoms with Crippen molar-refractivity contribution >= 4 is 5.91 Å². The summed E-state index contributed by atoms with van der Waals surface area (Å²) in [4.78, 5) is 18.7. The number of benzene rings is 1. The average molecular weight is 328 g/mol. The molecule has 1 fully saturated rings. The Kier molecular flexibility index (Phi) is 4.88. The van der Waals surface area contributed by atoms with Crippen molar-refractivity contribution < 1.29 is 13.9 Å². The van der Waals surface area contributed by atoms with Gasteiger partial charge in [-0.2, -0.15) is 0 Å². The zero-order chi connectivity index (χ0) is 17.1. The van der Waals surface area contributed by atoms with Crippen molar-refractivity contribution in [1.29, 1.82) is 0 Å². The predicted octanol–water partition coefficient (Wildman–Crippen LogP) is 3.53. The van der Waals surface area contributed by atoms with Crippen LogP contribution >= 0.6 is 0 Å². The highest BCUT2D eigenvalue weighted by Crippen LogP contribution is 2.21. The normalized spacial score (nSPS) is 17.8. The minimum absolute atomic E-state index is 0.0376. The highest BCUT2D eigenvalue weighted by Gasteiger charge is 2.28. The number of likely N-dealkylation sites (tertiary alicyclic amines) is 1. The summed E-state index contributed by atoms with van der Waals surface area (Å²) >= 11 is 0. The van der Waals surface area contributed by atoms with Gasteiger partial charge < -0.3 is 14.1 Å². The third-order valence-electron chi connectivity index (χ3n) is 4.42. The molecule has 5 nitrogen and oxygen atoms in total. The summed E-state index contributed by atoms with van der Waals surface area (Å²) in [5, 5.41) is 0. The maximum absolute atomic E-state index is 12.7. The first-order valence-corrected chi connectivity index (χ1v) is 8.45. The van der Waals surface area contributed by atoms with Crippen molar-refractivity contribution in [3.63, 3.8) is 0 Å². The third-order valence-corrected chi connectivity index (χ3v) is 4.42. The minimum Gasteiger partial charge on any atom is -0.493 e. The van der Waals surface area contributed by atoms with Crippen molar-refractivity contribution in [3.8, 4) is 5.75 Å². The number of ether oxygens (including phenoxy) is 1. The zero-order valence-corrected chi connectivity index (χ0v) is 14.5. The van der Waals surface area contributed by atoms with Crippen LogP contribution in [0.1, 0.15) is 40.5 Å². The molecule has 0 saturated carbocycles. The second-order valence-corrected chi connectivity index (χ2v) is 6.52. The number of aryl methyl sites for hydroxylation is 3. The van der Waals surface area contributed by atoms with Crippen molar-refractivity contribution in [2.24, 2.45) is 5.92 Å². The lowest BCUT2D eigenvalue weighted by Gasteiger charge is -2.32. The topological polar surface area (TPSA) is 55.6 Å². The molecular weight excluding hydrogens is 304 g/mol. The molecule has 0 spiro atoms. The van der Waals surface area contributed by atoms with Gasteiger partial charge in [-0.1, -0.05) is 17.7 Å². The number of carbonyl (C=O) groups is 1. The van der Waals surface area contributed by atoms with Gasteiger partial charge in [-0.15, -0.1) is 0 Å². The number of nitrogens with zero attached hydrogens (tertiary/aromatic N) is 2. The van der Waals surface area contributed by atoms with Gasteiger partial charge in [0.25, 0.3) is 5.91 Å². The molecule has 0 radical (unpaired) electrons. The van der Waals surface area contributed by atoms with E-state index in [0.717, 1.165) is 25.1 Å². The second-order valence-electron chi connectivity index (χ2n) is 6.52. The smallest absolute Gasteiger partial charge is 0.276 e. The number of piperidine rings is 1. The molecule has 2 aromatic rings. The number of rotatable bonds is 4. The lowest BCUT2D eigenvalue weighted by molar-refractivity contribution is 0.0626. The Labute approximate surface area is 142 Å². The van der Waals surface area contributed by atoms with Crippen LogP contribution in [0.25, 0.3) is 0 Å². The minimum atomic E-state index is -0.0376. The highest BCUT2D eigenvalue weighted by atomic mass is 16.5. The molecule has 1 aliphatic heterocycles. The van der Waals surface area contributed by atoms with Crippen molar-refractivity contribution in [2.45, 2.75) is 33.6 Å². The molecule has 1 aliphatic rings. The van der Waals surface area contributed by atoms with Crippen LogP contribution < -0.4 is 4.74 Å². The molecule has 0 N–H and O–H groups in total. The van der Waals surface area contributed by atoms with Crippen LogP contribution in [0.3, 0.4) is 0 Å². The van der Waals surface area contributed by atoms with Gasteiger partial charge >= 0.3 is 0 Å². The molecule has 1 amide bonds. The van der Waals surface area contributed by atoms with E-state index in [1.165, 1.54) is 5.56 Å². The van der Waals surface area contributed by atoms with Crippen LogP contribution in [0.5, 0.6) is 5.75 Å². The fraction of sp³-hybridized carbons (Fsp3) is 0.474. The molecule has 3 rings (SSSR count). The summed E-state index contributed by atoms with van der Waals surface area (Å²) in [5.74, 6) is 2.32. The van der Waals surface area contributed by atoms with Crippen LogP contribution in [-0.4, -0.2) is 35.5 Å². The molecule has 0 unspecified atom stereocenters. The van der Waals surface area contributed by atoms with E-state index < -0.39 is 0 Å². The summed E-state index contributed by atoms with van der Waals surface area (Å²) in [6.45, 7) is 7.71. The van der Waals surface area contributed by atoms with Crippen LogP contribution in [-0.2, 0) is 0 Å². The molecule has 1 aromatic heterocycles. The van der Waals surface area contributed by atoms with E-state index in [4.69, 9.17) is 9.15 Å². The number of carbonyl (C=O) groups excluding carboxylic acids is 1. The van der Waals surface area contributed by atoms with Gasteiger partial charge in [0.1, 0.15) is 11.5 Å². The van der Waals surface area contributed by atoms with Crippen LogP contribution in [0.15, 0.2) is 28.7 Å². The second kappa shape index (κ2) is 7.07. The maximum atomic E-state index is 12.7. The molecule has 5 heteroatoms. The van der Waals surface area contributed by atoms with Crippen molar-refractivity contribution in [3.05, 3.63) is 47.2 Å². The molecule has 0 bridgehead atoms. The average Bonchev–Trinajstić information content (AvgIpc) is 2.92. The third kappa shape index (κ3) is 3.78. The van der Waals surface area contributed by atoms with Crippen LogP contribution in [0, 0.1) is 26.7 Å². The standard InChI is InChI=1S/C19H24N2O3/c1-13-6-8-17(9-7-13)23-12-16-5-4-10-21(11-16)19(22)18-14(2)24-15(3)20-18/h6-9,16H,4-5,10-12H2,1-3H3/t16-/m1/s1. The summed E-state index contributed by atoms with van der Waals surface area (Å²) in [6, 6.07) is 8.06. The van der Waals surface area contributed by atoms with E-state index in [1.807, 2.05) is 29.2 Å². The van der Waals surface area contributed by atoms with E-state index in [0.29, 0.717) is 36.4 Å². The fourth-order valence-corrected chi connectivity index (χ4v) is 3.11. The van der Waals surface area contributed by atoms with Crippen molar-refractivity contribution in [2.75, 3.05) is 19.7 Å². The Morgan fingerprint density at radius 2 is 2.04 bits per heavy atom. The molecular formula is C19H24N2O3. The quantitative estimate of drug-likeness (QED) is 0.861. The van der Waals surface area contributed by atoms with Gasteiger partial charge in [-0.3, -0.25) is 4.79 Å². The number of hydrogen-bond acceptors (Lipinski definition) is 4. The van der Waals surface area contributed by atoms with Gasteiger partial charge in [0, 0.05) is 25.9 Å². The Morgan fingerprint density at radius 1 is 1.29 bits per heavy atom. The molecule has 1 aromatic carbocycles. The lowest BCUT2D eigenvalue weighted by Crippen LogP contribution is -2.42. The van der Waals surface area contributed by atoms with Crippen LogP contribution in [0.4, 0.5) is 0 Å². The number of oxazole rings is 1. The van der Waals surface area contributed by atoms with Crippen molar-refractivity contribution in [1.82, 2.24) is 9.88 Å². The van der Waals surface area contributed by atoms with Gasteiger partial charge in [0.15, 0.2) is 11.6 Å². The van der Waals surface area contributed by atoms with Gasteiger partial charge in [0.05, 0.1) is 6.61 Å². The Bertz CT molecular complexity index is 706. The SMILES string of the molecule is Cc1ccc(OC[C@@H]2CCCN(C(=O)c3nc(C)oc3C)C2)cc1. The number of amides is 1. The first-order chi connectivity index (χ1) is 11.5. The monoisotopic (exact) mass is 328 g/mol. The first kappa shape index (κ1) is 16.6. The highest BCUT2D eigenvalue weighted by molar-refractivity contribution is 5.93. The van der Waals surface area contributed by atoms with Crippen LogP contribution in [0.2, 0.25) is 0 Å². The molecule has 1 saturated heterocycles. The van der Waals surface area contributed by atoms with E-state index in [9.17, 15) is 4.79 Å². The fourth-order valence-electron chi connectivity index (χ4n) is 3.11. The Hall–Kier alpha value is -2.30. The van der Waals surface area contributed by atoms with E-state index >= 15 is 0 Å². The molecule has 0 aliphatic carbocycles. The first-order valence-electron chi connectivity index (χ1n) is 8.45. The zero-order valence-electron chi connectivity index (χ0n) is 14.5. The van der Waals surface area contributed by atoms with E-state index in [-0.39, 0.29) is 5.91 Å². The summed E-state index contributed by atoms with van der Waals surface area (Å²) in [7, 11) is 0. The molecule has 24 heavy (non-hydrogen) atoms. The Balaban J connectivity index is 1.58. The van der Waals surface area contributed by atoms with Gasteiger partial charge in [0.2, 0.25) is 0 Å². The number of aromatic nitrogens is 1. The predicted molar refractivity (Wildman–Crippen MR) is 91.3 cm³/mol. The maximum Gasteiger partial charge on any atom is 0.276 e. The summed E-state index contributed by atoms with van der Waals surface area (Å²) in [6.07, 6.45) is 2.07. The molecule has 2 heterocycles. The molecule has 1 atom stereocenters. The Morgan fingerprint density at radius 3 is 2.71 bits per heavy atom. The summed E-state index contributed by atoms with van der Waals surface area (Å²) in [5.41, 5.74) is 1.66. The van der Waals surface area contributed by atoms with Gasteiger partial charge in [-0.05, 0) is 38.8 Å². The number of hydrogen-bond donors (Lipinski definition) is 0.